The van der Waals surface area contributed by atoms with Crippen molar-refractivity contribution in [2.75, 3.05) is 66.1 Å². The van der Waals surface area contributed by atoms with Crippen LogP contribution < -0.4 is 14.2 Å². The molecule has 2 aromatic rings. The zero-order valence-electron chi connectivity index (χ0n) is 16.5. The van der Waals surface area contributed by atoms with Crippen LogP contribution in [0.4, 0.5) is 0 Å². The molecule has 0 saturated carbocycles. The maximum absolute atomic E-state index is 6.07. The summed E-state index contributed by atoms with van der Waals surface area (Å²) in [6.45, 7) is 4.88. The quantitative estimate of drug-likeness (QED) is 0.667. The Bertz CT molecular complexity index is 648. The molecular weight excluding hydrogens is 376 g/mol. The highest BCUT2D eigenvalue weighted by molar-refractivity contribution is 5.47. The second-order valence-corrected chi connectivity index (χ2v) is 6.14. The fourth-order valence-electron chi connectivity index (χ4n) is 2.61. The standard InChI is InChI=1S/C22H28O7/c1-3-7-21-19(5-1)27-17-15-25-13-11-23-9-10-24-12-14-26-16-18-28-20-6-2-4-8-22(20)29-21/h1-8H,9-18H2. The van der Waals surface area contributed by atoms with Crippen molar-refractivity contribution in [2.45, 2.75) is 0 Å². The monoisotopic (exact) mass is 404 g/mol. The van der Waals surface area contributed by atoms with E-state index in [1.165, 1.54) is 0 Å². The van der Waals surface area contributed by atoms with Gasteiger partial charge in [0, 0.05) is 0 Å². The summed E-state index contributed by atoms with van der Waals surface area (Å²) in [4.78, 5) is 0. The average Bonchev–Trinajstić information content (AvgIpc) is 2.75. The molecule has 1 aliphatic heterocycles. The Morgan fingerprint density at radius 3 is 1.07 bits per heavy atom. The minimum Gasteiger partial charge on any atom is -0.487 e. The van der Waals surface area contributed by atoms with E-state index in [1.54, 1.807) is 0 Å². The summed E-state index contributed by atoms with van der Waals surface area (Å²) in [6, 6.07) is 15.1. The van der Waals surface area contributed by atoms with Crippen LogP contribution in [0, 0.1) is 0 Å². The molecule has 0 atom stereocenters. The molecule has 7 nitrogen and oxygen atoms in total. The Balaban J connectivity index is 1.63. The molecule has 29 heavy (non-hydrogen) atoms. The molecule has 0 amide bonds. The number of para-hydroxylation sites is 4. The van der Waals surface area contributed by atoms with Gasteiger partial charge < -0.3 is 33.2 Å². The van der Waals surface area contributed by atoms with E-state index in [0.29, 0.717) is 89.1 Å². The summed E-state index contributed by atoms with van der Waals surface area (Å²) in [5.41, 5.74) is 0. The van der Waals surface area contributed by atoms with Crippen LogP contribution in [-0.2, 0) is 18.9 Å². The highest BCUT2D eigenvalue weighted by Crippen LogP contribution is 2.36. The Kier molecular flexibility index (Phi) is 9.59. The van der Waals surface area contributed by atoms with Crippen LogP contribution in [0.25, 0.3) is 0 Å². The Morgan fingerprint density at radius 2 is 0.690 bits per heavy atom. The summed E-state index contributed by atoms with van der Waals surface area (Å²) in [5.74, 6) is 2.53. The van der Waals surface area contributed by atoms with Crippen LogP contribution in [0.15, 0.2) is 48.5 Å². The second-order valence-electron chi connectivity index (χ2n) is 6.14. The third-order valence-corrected chi connectivity index (χ3v) is 4.00. The predicted molar refractivity (Wildman–Crippen MR) is 107 cm³/mol. The van der Waals surface area contributed by atoms with E-state index in [0.717, 1.165) is 0 Å². The van der Waals surface area contributed by atoms with Gasteiger partial charge in [-0.3, -0.25) is 0 Å². The van der Waals surface area contributed by atoms with Crippen molar-refractivity contribution in [2.24, 2.45) is 0 Å². The maximum Gasteiger partial charge on any atom is 0.169 e. The lowest BCUT2D eigenvalue weighted by molar-refractivity contribution is -0.00694. The number of fused-ring (bicyclic) bond motifs is 2. The van der Waals surface area contributed by atoms with Crippen molar-refractivity contribution in [3.05, 3.63) is 48.5 Å². The van der Waals surface area contributed by atoms with Gasteiger partial charge in [-0.1, -0.05) is 24.3 Å². The topological polar surface area (TPSA) is 64.6 Å². The number of hydrogen-bond acceptors (Lipinski definition) is 7. The van der Waals surface area contributed by atoms with Crippen LogP contribution in [0.2, 0.25) is 0 Å². The lowest BCUT2D eigenvalue weighted by Crippen LogP contribution is -2.14. The Morgan fingerprint density at radius 1 is 0.379 bits per heavy atom. The van der Waals surface area contributed by atoms with Crippen LogP contribution in [-0.4, -0.2) is 66.1 Å². The van der Waals surface area contributed by atoms with E-state index in [-0.39, 0.29) is 0 Å². The van der Waals surface area contributed by atoms with Gasteiger partial charge >= 0.3 is 0 Å². The number of rotatable bonds is 0. The van der Waals surface area contributed by atoms with Gasteiger partial charge in [0.1, 0.15) is 13.2 Å². The minimum absolute atomic E-state index is 0.416. The van der Waals surface area contributed by atoms with Gasteiger partial charge in [0.15, 0.2) is 23.0 Å². The van der Waals surface area contributed by atoms with E-state index in [2.05, 4.69) is 0 Å². The first-order valence-electron chi connectivity index (χ1n) is 9.86. The lowest BCUT2D eigenvalue weighted by Gasteiger charge is -2.15. The molecule has 2 aromatic carbocycles. The van der Waals surface area contributed by atoms with Crippen molar-refractivity contribution >= 4 is 0 Å². The largest absolute Gasteiger partial charge is 0.487 e. The van der Waals surface area contributed by atoms with Crippen LogP contribution in [0.3, 0.4) is 0 Å². The highest BCUT2D eigenvalue weighted by Gasteiger charge is 2.10. The zero-order valence-corrected chi connectivity index (χ0v) is 16.5. The molecule has 7 heteroatoms. The fraction of sp³-hybridized carbons (Fsp3) is 0.455. The second kappa shape index (κ2) is 13.0. The van der Waals surface area contributed by atoms with Gasteiger partial charge in [-0.15, -0.1) is 0 Å². The molecule has 0 unspecified atom stereocenters. The highest BCUT2D eigenvalue weighted by atomic mass is 16.6. The van der Waals surface area contributed by atoms with Crippen molar-refractivity contribution < 1.29 is 33.2 Å². The van der Waals surface area contributed by atoms with E-state index in [9.17, 15) is 0 Å². The lowest BCUT2D eigenvalue weighted by atomic mass is 10.3. The van der Waals surface area contributed by atoms with Crippen molar-refractivity contribution in [1.29, 1.82) is 0 Å². The van der Waals surface area contributed by atoms with E-state index >= 15 is 0 Å². The summed E-state index contributed by atoms with van der Waals surface area (Å²) in [6.07, 6.45) is 0. The third kappa shape index (κ3) is 7.91. The van der Waals surface area contributed by atoms with Gasteiger partial charge in [-0.05, 0) is 24.3 Å². The van der Waals surface area contributed by atoms with E-state index in [4.69, 9.17) is 33.2 Å². The number of ether oxygens (including phenoxy) is 7. The molecule has 0 radical (unpaired) electrons. The van der Waals surface area contributed by atoms with Crippen molar-refractivity contribution in [1.82, 2.24) is 0 Å². The van der Waals surface area contributed by atoms with Crippen molar-refractivity contribution in [3.63, 3.8) is 0 Å². The fourth-order valence-corrected chi connectivity index (χ4v) is 2.61. The van der Waals surface area contributed by atoms with Crippen LogP contribution in [0.1, 0.15) is 0 Å². The molecule has 0 aliphatic carbocycles. The van der Waals surface area contributed by atoms with Gasteiger partial charge in [0.2, 0.25) is 0 Å². The zero-order chi connectivity index (χ0) is 20.0. The average molecular weight is 404 g/mol. The van der Waals surface area contributed by atoms with Crippen molar-refractivity contribution in [3.8, 4) is 23.0 Å². The van der Waals surface area contributed by atoms with Crippen LogP contribution >= 0.6 is 0 Å². The van der Waals surface area contributed by atoms with Gasteiger partial charge in [-0.25, -0.2) is 0 Å². The molecule has 0 N–H and O–H groups in total. The molecule has 0 saturated heterocycles. The molecular formula is C22H28O7. The number of hydrogen-bond donors (Lipinski definition) is 0. The van der Waals surface area contributed by atoms with Gasteiger partial charge in [0.05, 0.1) is 52.9 Å². The molecule has 0 spiro atoms. The molecule has 0 fully saturated rings. The number of benzene rings is 2. The van der Waals surface area contributed by atoms with E-state index in [1.807, 2.05) is 48.5 Å². The summed E-state index contributed by atoms with van der Waals surface area (Å²) < 4.78 is 39.7. The Labute approximate surface area is 171 Å². The van der Waals surface area contributed by atoms with Gasteiger partial charge in [-0.2, -0.15) is 0 Å². The molecule has 1 heterocycles. The first kappa shape index (κ1) is 21.4. The first-order valence-corrected chi connectivity index (χ1v) is 9.86. The summed E-state index contributed by atoms with van der Waals surface area (Å²) in [7, 11) is 0. The molecule has 3 rings (SSSR count). The van der Waals surface area contributed by atoms with E-state index < -0.39 is 0 Å². The predicted octanol–water partition coefficient (Wildman–Crippen LogP) is 3.32. The summed E-state index contributed by atoms with van der Waals surface area (Å²) >= 11 is 0. The summed E-state index contributed by atoms with van der Waals surface area (Å²) in [5, 5.41) is 0. The minimum atomic E-state index is 0.416. The molecule has 0 bridgehead atoms. The van der Waals surface area contributed by atoms with Gasteiger partial charge in [0.25, 0.3) is 0 Å². The first-order chi connectivity index (χ1) is 14.4. The SMILES string of the molecule is c1ccc2c(c1)OCCOCCOCCOCCOCCOc1ccccc1O2. The normalized spacial score (nSPS) is 17.9. The smallest absolute Gasteiger partial charge is 0.169 e. The molecule has 1 aliphatic rings. The third-order valence-electron chi connectivity index (χ3n) is 4.00. The maximum atomic E-state index is 6.07. The molecule has 158 valence electrons. The molecule has 0 aromatic heterocycles. The Hall–Kier alpha value is -2.32. The van der Waals surface area contributed by atoms with Crippen LogP contribution in [0.5, 0.6) is 23.0 Å².